The summed E-state index contributed by atoms with van der Waals surface area (Å²) in [7, 11) is 0. The van der Waals surface area contributed by atoms with Crippen molar-refractivity contribution in [3.8, 4) is 0 Å². The van der Waals surface area contributed by atoms with Crippen molar-refractivity contribution < 1.29 is 9.53 Å². The molecule has 1 heterocycles. The number of ether oxygens (including phenoxy) is 1. The van der Waals surface area contributed by atoms with Gasteiger partial charge in [0.05, 0.1) is 18.7 Å². The number of carbonyl (C=O) groups excluding carboxylic acids is 1. The topological polar surface area (TPSA) is 30.7 Å². The van der Waals surface area contributed by atoms with E-state index in [4.69, 9.17) is 11.3 Å². The summed E-state index contributed by atoms with van der Waals surface area (Å²) in [6, 6.07) is 0. The van der Waals surface area contributed by atoms with Crippen molar-refractivity contribution in [2.45, 2.75) is 20.8 Å². The molecule has 0 N–H and O–H groups in total. The molecule has 0 aliphatic rings. The molecule has 0 saturated carbocycles. The van der Waals surface area contributed by atoms with Gasteiger partial charge in [-0.1, -0.05) is 0 Å². The highest BCUT2D eigenvalue weighted by Crippen LogP contribution is 2.35. The lowest BCUT2D eigenvalue weighted by Crippen LogP contribution is -2.05. The molecule has 0 aliphatic heterocycles. The maximum atomic E-state index is 11.5. The van der Waals surface area contributed by atoms with Gasteiger partial charge in [0.1, 0.15) is 0 Å². The highest BCUT2D eigenvalue weighted by molar-refractivity contribution is 7.16. The third kappa shape index (κ3) is 1.78. The first-order chi connectivity index (χ1) is 6.61. The van der Waals surface area contributed by atoms with Crippen LogP contribution >= 0.6 is 11.3 Å². The van der Waals surface area contributed by atoms with Gasteiger partial charge in [-0.3, -0.25) is 0 Å². The van der Waals surface area contributed by atoms with Gasteiger partial charge >= 0.3 is 5.97 Å². The van der Waals surface area contributed by atoms with E-state index in [2.05, 4.69) is 4.85 Å². The molecule has 0 bridgehead atoms. The first-order valence-electron chi connectivity index (χ1n) is 4.26. The van der Waals surface area contributed by atoms with Crippen LogP contribution in [0.2, 0.25) is 0 Å². The molecule has 1 aromatic heterocycles. The fourth-order valence-corrected chi connectivity index (χ4v) is 2.06. The van der Waals surface area contributed by atoms with Crippen molar-refractivity contribution in [3.63, 3.8) is 0 Å². The van der Waals surface area contributed by atoms with Crippen LogP contribution in [0.25, 0.3) is 4.85 Å². The monoisotopic (exact) mass is 209 g/mol. The molecule has 0 aromatic carbocycles. The molecule has 1 rings (SSSR count). The lowest BCUT2D eigenvalue weighted by Gasteiger charge is -2.01. The van der Waals surface area contributed by atoms with E-state index in [-0.39, 0.29) is 5.97 Å². The lowest BCUT2D eigenvalue weighted by molar-refractivity contribution is 0.0527. The molecule has 0 unspecified atom stereocenters. The van der Waals surface area contributed by atoms with E-state index in [0.29, 0.717) is 17.2 Å². The van der Waals surface area contributed by atoms with Crippen LogP contribution < -0.4 is 0 Å². The number of hydrogen-bond donors (Lipinski definition) is 0. The molecular formula is C10H11NO2S. The van der Waals surface area contributed by atoms with Crippen molar-refractivity contribution in [2.75, 3.05) is 6.61 Å². The maximum absolute atomic E-state index is 11.5. The molecule has 1 aromatic rings. The Bertz CT molecular complexity index is 401. The van der Waals surface area contributed by atoms with E-state index in [9.17, 15) is 4.79 Å². The minimum Gasteiger partial charge on any atom is -0.463 e. The average Bonchev–Trinajstić information content (AvgIpc) is 2.43. The molecule has 3 nitrogen and oxygen atoms in total. The van der Waals surface area contributed by atoms with Gasteiger partial charge in [0.2, 0.25) is 0 Å². The van der Waals surface area contributed by atoms with E-state index in [1.54, 1.807) is 6.92 Å². The van der Waals surface area contributed by atoms with Crippen molar-refractivity contribution in [1.29, 1.82) is 0 Å². The Morgan fingerprint density at radius 2 is 2.21 bits per heavy atom. The number of rotatable bonds is 2. The van der Waals surface area contributed by atoms with Gasteiger partial charge in [-0.25, -0.2) is 9.64 Å². The molecule has 0 radical (unpaired) electrons. The SMILES string of the molecule is [C-]#[N+]c1sc(C)c(C)c1C(=O)OCC. The zero-order valence-corrected chi connectivity index (χ0v) is 9.20. The maximum Gasteiger partial charge on any atom is 0.328 e. The molecule has 14 heavy (non-hydrogen) atoms. The van der Waals surface area contributed by atoms with Crippen LogP contribution in [-0.2, 0) is 4.74 Å². The quantitative estimate of drug-likeness (QED) is 0.553. The minimum absolute atomic E-state index is 0.338. The van der Waals surface area contributed by atoms with E-state index in [0.717, 1.165) is 10.4 Å². The summed E-state index contributed by atoms with van der Waals surface area (Å²) in [5.41, 5.74) is 1.30. The smallest absolute Gasteiger partial charge is 0.328 e. The zero-order chi connectivity index (χ0) is 10.7. The van der Waals surface area contributed by atoms with E-state index in [1.807, 2.05) is 13.8 Å². The third-order valence-corrected chi connectivity index (χ3v) is 3.05. The van der Waals surface area contributed by atoms with E-state index >= 15 is 0 Å². The summed E-state index contributed by atoms with van der Waals surface area (Å²) in [6.45, 7) is 12.8. The number of nitrogens with zero attached hydrogens (tertiary/aromatic N) is 1. The van der Waals surface area contributed by atoms with Gasteiger partial charge in [0, 0.05) is 0 Å². The number of hydrogen-bond acceptors (Lipinski definition) is 3. The fraction of sp³-hybridized carbons (Fsp3) is 0.400. The van der Waals surface area contributed by atoms with Crippen molar-refractivity contribution in [1.82, 2.24) is 0 Å². The summed E-state index contributed by atoms with van der Waals surface area (Å²) in [4.78, 5) is 15.8. The number of thiophene rings is 1. The van der Waals surface area contributed by atoms with Crippen LogP contribution in [0.5, 0.6) is 0 Å². The Labute approximate surface area is 87.1 Å². The lowest BCUT2D eigenvalue weighted by atomic mass is 10.1. The summed E-state index contributed by atoms with van der Waals surface area (Å²) >= 11 is 1.34. The third-order valence-electron chi connectivity index (χ3n) is 1.95. The highest BCUT2D eigenvalue weighted by Gasteiger charge is 2.19. The number of aryl methyl sites for hydroxylation is 1. The second-order valence-corrected chi connectivity index (χ2v) is 4.00. The first kappa shape index (κ1) is 10.7. The second kappa shape index (κ2) is 4.25. The van der Waals surface area contributed by atoms with E-state index in [1.165, 1.54) is 11.3 Å². The normalized spacial score (nSPS) is 9.57. The van der Waals surface area contributed by atoms with Crippen molar-refractivity contribution in [3.05, 3.63) is 27.4 Å². The highest BCUT2D eigenvalue weighted by atomic mass is 32.1. The zero-order valence-electron chi connectivity index (χ0n) is 8.38. The molecule has 0 fully saturated rings. The number of esters is 1. The van der Waals surface area contributed by atoms with Crippen LogP contribution in [0.4, 0.5) is 5.00 Å². The number of carbonyl (C=O) groups is 1. The van der Waals surface area contributed by atoms with Gasteiger partial charge in [0.25, 0.3) is 5.00 Å². The van der Waals surface area contributed by atoms with Crippen LogP contribution in [0, 0.1) is 20.4 Å². The van der Waals surface area contributed by atoms with Gasteiger partial charge in [0.15, 0.2) is 0 Å². The summed E-state index contributed by atoms with van der Waals surface area (Å²) in [6.07, 6.45) is 0. The summed E-state index contributed by atoms with van der Waals surface area (Å²) in [5.74, 6) is -0.389. The molecule has 0 spiro atoms. The Morgan fingerprint density at radius 3 is 2.71 bits per heavy atom. The predicted molar refractivity (Wildman–Crippen MR) is 56.0 cm³/mol. The van der Waals surface area contributed by atoms with Crippen LogP contribution in [-0.4, -0.2) is 12.6 Å². The Kier molecular flexibility index (Phi) is 3.26. The first-order valence-corrected chi connectivity index (χ1v) is 5.08. The standard InChI is InChI=1S/C10H11NO2S/c1-5-13-10(12)8-6(2)7(3)14-9(8)11-4/h5H2,1-3H3. The molecule has 0 amide bonds. The predicted octanol–water partition coefficient (Wildman–Crippen LogP) is 3.09. The molecule has 74 valence electrons. The van der Waals surface area contributed by atoms with Crippen molar-refractivity contribution in [2.24, 2.45) is 0 Å². The Balaban J connectivity index is 3.19. The van der Waals surface area contributed by atoms with Crippen LogP contribution in [0.1, 0.15) is 27.7 Å². The molecule has 0 atom stereocenters. The minimum atomic E-state index is -0.389. The summed E-state index contributed by atoms with van der Waals surface area (Å²) in [5, 5.41) is 0.429. The van der Waals surface area contributed by atoms with Gasteiger partial charge in [-0.15, -0.1) is 0 Å². The average molecular weight is 209 g/mol. The van der Waals surface area contributed by atoms with Crippen molar-refractivity contribution >= 4 is 22.3 Å². The van der Waals surface area contributed by atoms with Crippen LogP contribution in [0.3, 0.4) is 0 Å². The molecule has 4 heteroatoms. The van der Waals surface area contributed by atoms with Gasteiger partial charge in [-0.2, -0.15) is 11.3 Å². The second-order valence-electron chi connectivity index (χ2n) is 2.80. The summed E-state index contributed by atoms with van der Waals surface area (Å²) < 4.78 is 4.89. The van der Waals surface area contributed by atoms with Gasteiger partial charge < -0.3 is 4.74 Å². The molecule has 0 aliphatic carbocycles. The van der Waals surface area contributed by atoms with Gasteiger partial charge in [-0.05, 0) is 31.2 Å². The van der Waals surface area contributed by atoms with E-state index < -0.39 is 0 Å². The molecule has 0 saturated heterocycles. The Morgan fingerprint density at radius 1 is 1.57 bits per heavy atom. The Hall–Kier alpha value is -1.34. The fourth-order valence-electron chi connectivity index (χ4n) is 1.13. The molecular weight excluding hydrogens is 198 g/mol. The largest absolute Gasteiger partial charge is 0.463 e. The van der Waals surface area contributed by atoms with Crippen LogP contribution in [0.15, 0.2) is 0 Å².